The Kier molecular flexibility index (Phi) is 6.45. The van der Waals surface area contributed by atoms with Gasteiger partial charge in [0, 0.05) is 5.02 Å². The van der Waals surface area contributed by atoms with Crippen LogP contribution in [0.4, 0.5) is 13.2 Å². The summed E-state index contributed by atoms with van der Waals surface area (Å²) in [4.78, 5) is -0.811. The molecule has 0 radical (unpaired) electrons. The Morgan fingerprint density at radius 1 is 1.33 bits per heavy atom. The van der Waals surface area contributed by atoms with E-state index in [4.69, 9.17) is 16.2 Å². The van der Waals surface area contributed by atoms with Crippen LogP contribution in [-0.2, 0) is 10.1 Å². The molecule has 0 aromatic heterocycles. The normalized spacial score (nSPS) is 11.8. The number of hydrogen-bond acceptors (Lipinski definition) is 3. The van der Waals surface area contributed by atoms with Crippen LogP contribution >= 0.6 is 11.6 Å². The average Bonchev–Trinajstić information content (AvgIpc) is 2.13. The van der Waals surface area contributed by atoms with Crippen molar-refractivity contribution < 1.29 is 30.9 Å². The van der Waals surface area contributed by atoms with Gasteiger partial charge in [-0.15, -0.1) is 0 Å². The second-order valence-electron chi connectivity index (χ2n) is 2.97. The summed E-state index contributed by atoms with van der Waals surface area (Å²) in [6.07, 6.45) is -4.61. The molecule has 1 aromatic rings. The molecule has 0 heterocycles. The Morgan fingerprint density at radius 3 is 2.33 bits per heavy atom. The Morgan fingerprint density at radius 2 is 1.89 bits per heavy atom. The maximum absolute atomic E-state index is 11.9. The zero-order valence-corrected chi connectivity index (χ0v) is 9.60. The molecule has 0 saturated heterocycles. The van der Waals surface area contributed by atoms with Crippen molar-refractivity contribution in [3.63, 3.8) is 0 Å². The zero-order valence-electron chi connectivity index (χ0n) is 8.03. The van der Waals surface area contributed by atoms with E-state index in [9.17, 15) is 21.6 Å². The molecular weight excluding hydrogens is 308 g/mol. The Hall–Kier alpha value is 0.01000. The predicted octanol–water partition coefficient (Wildman–Crippen LogP) is 1.88. The summed E-state index contributed by atoms with van der Waals surface area (Å²) in [5.74, 6) is -0.616. The SMILES string of the molecule is O=S(=O)(O)c1cc(Cl)ccc1OCC(F)(F)F.[NaH]. The van der Waals surface area contributed by atoms with Crippen molar-refractivity contribution >= 4 is 51.3 Å². The first-order valence-electron chi connectivity index (χ1n) is 4.06. The minimum absolute atomic E-state index is 0. The molecule has 1 N–H and O–H groups in total. The molecule has 4 nitrogen and oxygen atoms in total. The fourth-order valence-electron chi connectivity index (χ4n) is 0.962. The van der Waals surface area contributed by atoms with E-state index in [-0.39, 0.29) is 34.6 Å². The van der Waals surface area contributed by atoms with E-state index in [2.05, 4.69) is 4.74 Å². The van der Waals surface area contributed by atoms with Gasteiger partial charge in [-0.1, -0.05) is 11.6 Å². The van der Waals surface area contributed by atoms with Gasteiger partial charge in [0.15, 0.2) is 6.61 Å². The van der Waals surface area contributed by atoms with Gasteiger partial charge in [-0.25, -0.2) is 0 Å². The van der Waals surface area contributed by atoms with Crippen molar-refractivity contribution in [3.05, 3.63) is 23.2 Å². The summed E-state index contributed by atoms with van der Waals surface area (Å²) in [5.41, 5.74) is 0. The topological polar surface area (TPSA) is 63.6 Å². The number of benzene rings is 1. The molecule has 0 aliphatic heterocycles. The summed E-state index contributed by atoms with van der Waals surface area (Å²) in [6.45, 7) is -1.67. The second-order valence-corrected chi connectivity index (χ2v) is 4.80. The quantitative estimate of drug-likeness (QED) is 0.683. The third-order valence-corrected chi connectivity index (χ3v) is 2.68. The fourth-order valence-corrected chi connectivity index (χ4v) is 1.86. The Balaban J connectivity index is 0.00000289. The molecular formula is C8H7ClF3NaO4S. The molecule has 0 atom stereocenters. The van der Waals surface area contributed by atoms with E-state index in [1.165, 1.54) is 0 Å². The van der Waals surface area contributed by atoms with Crippen molar-refractivity contribution in [2.75, 3.05) is 6.61 Å². The first kappa shape index (κ1) is 18.0. The summed E-state index contributed by atoms with van der Waals surface area (Å²) in [5, 5.41) is -0.0583. The first-order chi connectivity index (χ1) is 7.59. The van der Waals surface area contributed by atoms with Crippen LogP contribution < -0.4 is 4.74 Å². The molecule has 0 aliphatic carbocycles. The van der Waals surface area contributed by atoms with Crippen molar-refractivity contribution in [1.82, 2.24) is 0 Å². The van der Waals surface area contributed by atoms with Gasteiger partial charge in [0.1, 0.15) is 10.6 Å². The number of alkyl halides is 3. The Bertz CT molecular complexity index is 518. The van der Waals surface area contributed by atoms with Crippen LogP contribution in [0, 0.1) is 0 Å². The molecule has 1 aromatic carbocycles. The van der Waals surface area contributed by atoms with Crippen LogP contribution in [0.2, 0.25) is 5.02 Å². The van der Waals surface area contributed by atoms with Crippen molar-refractivity contribution in [1.29, 1.82) is 0 Å². The van der Waals surface area contributed by atoms with Crippen LogP contribution in [-0.4, -0.2) is 55.3 Å². The van der Waals surface area contributed by atoms with Crippen LogP contribution in [0.5, 0.6) is 5.75 Å². The third kappa shape index (κ3) is 5.77. The van der Waals surface area contributed by atoms with Crippen LogP contribution in [0.25, 0.3) is 0 Å². The molecule has 0 bridgehead atoms. The summed E-state index contributed by atoms with van der Waals surface area (Å²) >= 11 is 5.46. The van der Waals surface area contributed by atoms with Crippen molar-refractivity contribution in [3.8, 4) is 5.75 Å². The molecule has 0 aliphatic rings. The van der Waals surface area contributed by atoms with E-state index in [0.717, 1.165) is 18.2 Å². The number of rotatable bonds is 3. The molecule has 0 spiro atoms. The summed E-state index contributed by atoms with van der Waals surface area (Å²) < 4.78 is 70.4. The van der Waals surface area contributed by atoms with Gasteiger partial charge in [-0.3, -0.25) is 4.55 Å². The van der Waals surface area contributed by atoms with Gasteiger partial charge in [0.05, 0.1) is 0 Å². The number of hydrogen-bond donors (Lipinski definition) is 1. The van der Waals surface area contributed by atoms with Crippen LogP contribution in [0.3, 0.4) is 0 Å². The van der Waals surface area contributed by atoms with E-state index >= 15 is 0 Å². The number of halogens is 4. The van der Waals surface area contributed by atoms with Crippen LogP contribution in [0.15, 0.2) is 23.1 Å². The molecule has 0 unspecified atom stereocenters. The monoisotopic (exact) mass is 314 g/mol. The van der Waals surface area contributed by atoms with Gasteiger partial charge < -0.3 is 4.74 Å². The predicted molar refractivity (Wildman–Crippen MR) is 60.0 cm³/mol. The average molecular weight is 315 g/mol. The van der Waals surface area contributed by atoms with Gasteiger partial charge in [0.25, 0.3) is 10.1 Å². The van der Waals surface area contributed by atoms with Crippen molar-refractivity contribution in [2.24, 2.45) is 0 Å². The van der Waals surface area contributed by atoms with E-state index in [1.54, 1.807) is 0 Å². The van der Waals surface area contributed by atoms with Gasteiger partial charge in [-0.05, 0) is 18.2 Å². The third-order valence-electron chi connectivity index (χ3n) is 1.58. The zero-order chi connectivity index (χ0) is 13.3. The van der Waals surface area contributed by atoms with E-state index in [0.29, 0.717) is 0 Å². The maximum atomic E-state index is 11.9. The van der Waals surface area contributed by atoms with E-state index in [1.807, 2.05) is 0 Å². The summed E-state index contributed by atoms with van der Waals surface area (Å²) in [6, 6.07) is 2.86. The van der Waals surface area contributed by atoms with Crippen molar-refractivity contribution in [2.45, 2.75) is 11.1 Å². The van der Waals surface area contributed by atoms with Gasteiger partial charge >= 0.3 is 35.7 Å². The minimum atomic E-state index is -4.70. The standard InChI is InChI=1S/C8H6ClF3O4S.Na.H/c9-5-1-2-6(16-4-8(10,11)12)7(3-5)17(13,14)15;;/h1-3H,4H2,(H,13,14,15);;. The van der Waals surface area contributed by atoms with E-state index < -0.39 is 33.5 Å². The first-order valence-corrected chi connectivity index (χ1v) is 5.88. The van der Waals surface area contributed by atoms with Crippen LogP contribution in [0.1, 0.15) is 0 Å². The molecule has 18 heavy (non-hydrogen) atoms. The van der Waals surface area contributed by atoms with Gasteiger partial charge in [0.2, 0.25) is 0 Å². The molecule has 98 valence electrons. The molecule has 1 rings (SSSR count). The molecule has 10 heteroatoms. The number of ether oxygens (including phenoxy) is 1. The second kappa shape index (κ2) is 6.44. The van der Waals surface area contributed by atoms with Gasteiger partial charge in [-0.2, -0.15) is 21.6 Å². The Labute approximate surface area is 128 Å². The fraction of sp³-hybridized carbons (Fsp3) is 0.250. The molecule has 0 saturated carbocycles. The summed E-state index contributed by atoms with van der Waals surface area (Å²) in [7, 11) is -4.70. The molecule has 0 amide bonds. The molecule has 0 fully saturated rings.